The van der Waals surface area contributed by atoms with E-state index in [0.29, 0.717) is 18.5 Å². The standard InChI is InChI=1S/C17H15NO2S/c1-12(20)13-7-8-17-15(11-13)18(9-4-10-19)14-5-2-3-6-16(14)21-17/h2-3,5-8,10-11H,4,9H2,1H3. The maximum atomic E-state index is 11.6. The molecule has 0 spiro atoms. The second kappa shape index (κ2) is 5.74. The molecule has 106 valence electrons. The number of para-hydroxylation sites is 1. The van der Waals surface area contributed by atoms with Crippen LogP contribution in [-0.2, 0) is 4.79 Å². The molecule has 0 bridgehead atoms. The van der Waals surface area contributed by atoms with Crippen molar-refractivity contribution < 1.29 is 9.59 Å². The van der Waals surface area contributed by atoms with Crippen molar-refractivity contribution in [1.29, 1.82) is 0 Å². The first-order valence-corrected chi connectivity index (χ1v) is 7.65. The lowest BCUT2D eigenvalue weighted by molar-refractivity contribution is -0.107. The summed E-state index contributed by atoms with van der Waals surface area (Å²) in [5.41, 5.74) is 2.80. The highest BCUT2D eigenvalue weighted by Crippen LogP contribution is 2.48. The van der Waals surface area contributed by atoms with Gasteiger partial charge in [-0.3, -0.25) is 4.79 Å². The van der Waals surface area contributed by atoms with Crippen LogP contribution in [0.5, 0.6) is 0 Å². The third-order valence-corrected chi connectivity index (χ3v) is 4.63. The average Bonchev–Trinajstić information content (AvgIpc) is 2.50. The predicted octanol–water partition coefficient (Wildman–Crippen LogP) is 4.08. The zero-order chi connectivity index (χ0) is 14.8. The van der Waals surface area contributed by atoms with Gasteiger partial charge in [-0.2, -0.15) is 0 Å². The van der Waals surface area contributed by atoms with Gasteiger partial charge in [-0.25, -0.2) is 0 Å². The summed E-state index contributed by atoms with van der Waals surface area (Å²) < 4.78 is 0. The van der Waals surface area contributed by atoms with E-state index >= 15 is 0 Å². The quantitative estimate of drug-likeness (QED) is 0.629. The van der Waals surface area contributed by atoms with Crippen LogP contribution >= 0.6 is 11.8 Å². The molecule has 1 aliphatic rings. The van der Waals surface area contributed by atoms with Crippen LogP contribution in [0.1, 0.15) is 23.7 Å². The van der Waals surface area contributed by atoms with Crippen LogP contribution in [0.3, 0.4) is 0 Å². The van der Waals surface area contributed by atoms with Crippen molar-refractivity contribution >= 4 is 35.2 Å². The van der Waals surface area contributed by atoms with Crippen molar-refractivity contribution in [3.8, 4) is 0 Å². The molecule has 2 aromatic carbocycles. The minimum Gasteiger partial charge on any atom is -0.339 e. The van der Waals surface area contributed by atoms with Gasteiger partial charge in [-0.15, -0.1) is 0 Å². The van der Waals surface area contributed by atoms with E-state index < -0.39 is 0 Å². The van der Waals surface area contributed by atoms with Crippen LogP contribution in [-0.4, -0.2) is 18.6 Å². The van der Waals surface area contributed by atoms with E-state index in [9.17, 15) is 9.59 Å². The van der Waals surface area contributed by atoms with E-state index in [0.717, 1.165) is 22.6 Å². The van der Waals surface area contributed by atoms with E-state index in [4.69, 9.17) is 0 Å². The number of anilines is 2. The van der Waals surface area contributed by atoms with Crippen LogP contribution in [0, 0.1) is 0 Å². The highest BCUT2D eigenvalue weighted by atomic mass is 32.2. The molecule has 2 aromatic rings. The molecule has 0 radical (unpaired) electrons. The average molecular weight is 297 g/mol. The van der Waals surface area contributed by atoms with Gasteiger partial charge in [-0.05, 0) is 31.2 Å². The summed E-state index contributed by atoms with van der Waals surface area (Å²) in [6.45, 7) is 2.19. The van der Waals surface area contributed by atoms with Gasteiger partial charge in [0, 0.05) is 28.3 Å². The Hall–Kier alpha value is -2.07. The van der Waals surface area contributed by atoms with Crippen molar-refractivity contribution in [3.05, 3.63) is 48.0 Å². The number of nitrogens with zero attached hydrogens (tertiary/aromatic N) is 1. The summed E-state index contributed by atoms with van der Waals surface area (Å²) in [5, 5.41) is 0. The molecule has 1 aliphatic heterocycles. The van der Waals surface area contributed by atoms with E-state index in [-0.39, 0.29) is 5.78 Å². The van der Waals surface area contributed by atoms with Crippen molar-refractivity contribution in [2.75, 3.05) is 11.4 Å². The molecule has 3 rings (SSSR count). The smallest absolute Gasteiger partial charge is 0.159 e. The van der Waals surface area contributed by atoms with Crippen molar-refractivity contribution in [3.63, 3.8) is 0 Å². The Balaban J connectivity index is 2.11. The molecule has 0 unspecified atom stereocenters. The van der Waals surface area contributed by atoms with Crippen LogP contribution in [0.4, 0.5) is 11.4 Å². The molecule has 0 aromatic heterocycles. The molecule has 3 nitrogen and oxygen atoms in total. The van der Waals surface area contributed by atoms with Gasteiger partial charge in [0.25, 0.3) is 0 Å². The molecule has 0 fully saturated rings. The fourth-order valence-corrected chi connectivity index (χ4v) is 3.55. The minimum atomic E-state index is 0.0528. The van der Waals surface area contributed by atoms with Gasteiger partial charge in [0.1, 0.15) is 6.29 Å². The van der Waals surface area contributed by atoms with Crippen molar-refractivity contribution in [2.24, 2.45) is 0 Å². The van der Waals surface area contributed by atoms with Crippen molar-refractivity contribution in [2.45, 2.75) is 23.1 Å². The zero-order valence-electron chi connectivity index (χ0n) is 11.7. The molecular formula is C17H15NO2S. The first kappa shape index (κ1) is 13.9. The monoisotopic (exact) mass is 297 g/mol. The molecular weight excluding hydrogens is 282 g/mol. The topological polar surface area (TPSA) is 37.4 Å². The number of hydrogen-bond donors (Lipinski definition) is 0. The molecule has 0 N–H and O–H groups in total. The minimum absolute atomic E-state index is 0.0528. The Bertz CT molecular complexity index is 712. The fraction of sp³-hybridized carbons (Fsp3) is 0.176. The van der Waals surface area contributed by atoms with Gasteiger partial charge in [0.2, 0.25) is 0 Å². The summed E-state index contributed by atoms with van der Waals surface area (Å²) in [5.74, 6) is 0.0528. The molecule has 0 atom stereocenters. The molecule has 1 heterocycles. The Morgan fingerprint density at radius 3 is 2.67 bits per heavy atom. The van der Waals surface area contributed by atoms with Crippen LogP contribution < -0.4 is 4.90 Å². The first-order chi connectivity index (χ1) is 10.2. The van der Waals surface area contributed by atoms with Crippen LogP contribution in [0.15, 0.2) is 52.3 Å². The second-order valence-corrected chi connectivity index (χ2v) is 6.00. The molecule has 0 amide bonds. The number of ketones is 1. The largest absolute Gasteiger partial charge is 0.339 e. The van der Waals surface area contributed by atoms with Gasteiger partial charge in [0.05, 0.1) is 11.4 Å². The summed E-state index contributed by atoms with van der Waals surface area (Å²) in [6.07, 6.45) is 1.39. The molecule has 21 heavy (non-hydrogen) atoms. The number of Topliss-reactive ketones (excluding diaryl/α,β-unsaturated/α-hetero) is 1. The van der Waals surface area contributed by atoms with Crippen molar-refractivity contribution in [1.82, 2.24) is 0 Å². The lowest BCUT2D eigenvalue weighted by Gasteiger charge is -2.32. The highest BCUT2D eigenvalue weighted by molar-refractivity contribution is 7.99. The number of aldehydes is 1. The molecule has 0 saturated carbocycles. The van der Waals surface area contributed by atoms with Gasteiger partial charge >= 0.3 is 0 Å². The van der Waals surface area contributed by atoms with Gasteiger partial charge in [0.15, 0.2) is 5.78 Å². The van der Waals surface area contributed by atoms with E-state index in [1.807, 2.05) is 30.3 Å². The highest BCUT2D eigenvalue weighted by Gasteiger charge is 2.23. The zero-order valence-corrected chi connectivity index (χ0v) is 12.5. The third kappa shape index (κ3) is 2.59. The van der Waals surface area contributed by atoms with Crippen LogP contribution in [0.2, 0.25) is 0 Å². The molecule has 0 saturated heterocycles. The molecule has 4 heteroatoms. The Morgan fingerprint density at radius 2 is 1.90 bits per heavy atom. The first-order valence-electron chi connectivity index (χ1n) is 6.84. The normalized spacial score (nSPS) is 12.5. The number of hydrogen-bond acceptors (Lipinski definition) is 4. The van der Waals surface area contributed by atoms with Gasteiger partial charge < -0.3 is 9.69 Å². The summed E-state index contributed by atoms with van der Waals surface area (Å²) >= 11 is 1.70. The lowest BCUT2D eigenvalue weighted by Crippen LogP contribution is -2.22. The van der Waals surface area contributed by atoms with E-state index in [1.165, 1.54) is 4.90 Å². The lowest BCUT2D eigenvalue weighted by atomic mass is 10.1. The second-order valence-electron chi connectivity index (χ2n) is 4.92. The number of rotatable bonds is 4. The maximum absolute atomic E-state index is 11.6. The van der Waals surface area contributed by atoms with E-state index in [2.05, 4.69) is 17.0 Å². The summed E-state index contributed by atoms with van der Waals surface area (Å²) in [6, 6.07) is 13.9. The van der Waals surface area contributed by atoms with E-state index in [1.54, 1.807) is 18.7 Å². The number of carbonyl (C=O) groups excluding carboxylic acids is 2. The van der Waals surface area contributed by atoms with Gasteiger partial charge in [-0.1, -0.05) is 30.0 Å². The Kier molecular flexibility index (Phi) is 3.80. The Morgan fingerprint density at radius 1 is 1.14 bits per heavy atom. The Labute approximate surface area is 128 Å². The molecule has 0 aliphatic carbocycles. The summed E-state index contributed by atoms with van der Waals surface area (Å²) in [4.78, 5) is 26.8. The predicted molar refractivity (Wildman–Crippen MR) is 84.7 cm³/mol. The SMILES string of the molecule is CC(=O)c1ccc2c(c1)N(CCC=O)c1ccccc1S2. The maximum Gasteiger partial charge on any atom is 0.159 e. The third-order valence-electron chi connectivity index (χ3n) is 3.50. The summed E-state index contributed by atoms with van der Waals surface area (Å²) in [7, 11) is 0. The number of fused-ring (bicyclic) bond motifs is 2. The number of carbonyl (C=O) groups is 2. The fourth-order valence-electron chi connectivity index (χ4n) is 2.47. The number of benzene rings is 2. The van der Waals surface area contributed by atoms with Crippen LogP contribution in [0.25, 0.3) is 0 Å².